The van der Waals surface area contributed by atoms with E-state index in [0.29, 0.717) is 40.2 Å². The first kappa shape index (κ1) is 38.7. The first-order chi connectivity index (χ1) is 20.3. The molecule has 13 heteroatoms. The number of carbonyl (C=O) groups excluding carboxylic acids is 4. The Morgan fingerprint density at radius 2 is 1.51 bits per heavy atom. The summed E-state index contributed by atoms with van der Waals surface area (Å²) < 4.78 is 24.7. The molecule has 1 heterocycles. The summed E-state index contributed by atoms with van der Waals surface area (Å²) in [5, 5.41) is 4.90. The number of carbonyl (C=O) groups is 4. The Bertz CT molecular complexity index is 1280. The van der Waals surface area contributed by atoms with Crippen molar-refractivity contribution in [2.75, 3.05) is 12.4 Å². The highest BCUT2D eigenvalue weighted by atomic mass is 32.2. The molecule has 2 atom stereocenters. The van der Waals surface area contributed by atoms with E-state index in [0.717, 1.165) is 0 Å². The van der Waals surface area contributed by atoms with Gasteiger partial charge in [0.25, 0.3) is 0 Å². The number of nitrogens with one attached hydrogen (secondary N) is 2. The van der Waals surface area contributed by atoms with E-state index in [1.807, 2.05) is 13.0 Å². The van der Waals surface area contributed by atoms with Crippen LogP contribution in [-0.4, -0.2) is 70.9 Å². The van der Waals surface area contributed by atoms with Crippen LogP contribution in [0.15, 0.2) is 6.07 Å². The molecule has 0 saturated carbocycles. The maximum atomic E-state index is 14.0. The Labute approximate surface area is 275 Å². The molecule has 254 valence electrons. The molecule has 0 aliphatic carbocycles. The van der Waals surface area contributed by atoms with E-state index in [1.165, 1.54) is 11.8 Å². The molecule has 0 unspecified atom stereocenters. The van der Waals surface area contributed by atoms with Gasteiger partial charge < -0.3 is 33.8 Å². The Hall–Kier alpha value is -2.52. The second kappa shape index (κ2) is 14.1. The number of amides is 2. The molecular formula is C32H54N2O8SSi2. The van der Waals surface area contributed by atoms with Gasteiger partial charge in [0.15, 0.2) is 0 Å². The number of cyclic esters (lactones) is 1. The summed E-state index contributed by atoms with van der Waals surface area (Å²) >= 11 is 1.39. The summed E-state index contributed by atoms with van der Waals surface area (Å²) in [5.74, 6) is 0.336. The van der Waals surface area contributed by atoms with Gasteiger partial charge in [-0.25, -0.2) is 9.59 Å². The van der Waals surface area contributed by atoms with E-state index in [2.05, 4.69) is 78.4 Å². The number of hydrogen-bond acceptors (Lipinski definition) is 9. The van der Waals surface area contributed by atoms with Crippen molar-refractivity contribution in [3.8, 4) is 11.5 Å². The van der Waals surface area contributed by atoms with Crippen LogP contribution in [0.2, 0.25) is 36.3 Å². The molecular weight excluding hydrogens is 629 g/mol. The normalized spacial score (nSPS) is 19.2. The SMILES string of the molecule is Cc1c(O[Si](C)(C)C(C)(C)C)cc(O[Si](C)(C)C(C)(C)C)c2c1C(=O)OC[C@H](NC(=O)OC(C)(C)C)C(=O)N[C@H](C=O)CSC2. The standard InChI is InChI=1S/C32H54N2O8SSi2/c1-20-24(41-44(11,12)31(5,6)7)15-25(42-45(13,14)32(8,9)10)22-19-43-18-21(16-35)33-27(36)23(17-39-28(37)26(20)22)34-29(38)40-30(2,3)4/h15-16,21,23H,17-19H2,1-14H3,(H,33,36)(H,34,38)/t21-,23+/m1/s1. The number of rotatable bonds is 6. The van der Waals surface area contributed by atoms with Gasteiger partial charge in [0.1, 0.15) is 36.0 Å². The van der Waals surface area contributed by atoms with E-state index in [-0.39, 0.29) is 15.8 Å². The number of aldehydes is 1. The molecule has 0 saturated heterocycles. The first-order valence-electron chi connectivity index (χ1n) is 15.3. The molecule has 2 amide bonds. The summed E-state index contributed by atoms with van der Waals surface area (Å²) in [5.41, 5.74) is 0.727. The van der Waals surface area contributed by atoms with Gasteiger partial charge in [-0.3, -0.25) is 4.79 Å². The van der Waals surface area contributed by atoms with Crippen LogP contribution in [0.3, 0.4) is 0 Å². The lowest BCUT2D eigenvalue weighted by Crippen LogP contribution is -2.53. The summed E-state index contributed by atoms with van der Waals surface area (Å²) in [6, 6.07) is -0.231. The van der Waals surface area contributed by atoms with Crippen molar-refractivity contribution >= 4 is 52.7 Å². The maximum absolute atomic E-state index is 14.0. The predicted molar refractivity (Wildman–Crippen MR) is 184 cm³/mol. The molecule has 1 aromatic rings. The van der Waals surface area contributed by atoms with Gasteiger partial charge in [-0.1, -0.05) is 41.5 Å². The average molecular weight is 683 g/mol. The third kappa shape index (κ3) is 10.2. The second-order valence-corrected chi connectivity index (χ2v) is 26.1. The van der Waals surface area contributed by atoms with Crippen LogP contribution in [0.1, 0.15) is 83.8 Å². The quantitative estimate of drug-likeness (QED) is 0.190. The van der Waals surface area contributed by atoms with Crippen LogP contribution in [0.5, 0.6) is 11.5 Å². The fraction of sp³-hybridized carbons (Fsp3) is 0.688. The van der Waals surface area contributed by atoms with Gasteiger partial charge in [-0.05, 0) is 64.0 Å². The molecule has 10 nitrogen and oxygen atoms in total. The van der Waals surface area contributed by atoms with E-state index in [9.17, 15) is 19.2 Å². The Morgan fingerprint density at radius 1 is 0.978 bits per heavy atom. The van der Waals surface area contributed by atoms with Crippen molar-refractivity contribution in [2.45, 2.75) is 129 Å². The van der Waals surface area contributed by atoms with Crippen LogP contribution in [0.4, 0.5) is 4.79 Å². The minimum atomic E-state index is -2.39. The highest BCUT2D eigenvalue weighted by Gasteiger charge is 2.42. The molecule has 0 radical (unpaired) electrons. The molecule has 1 aliphatic rings. The third-order valence-electron chi connectivity index (χ3n) is 8.58. The molecule has 1 aromatic carbocycles. The van der Waals surface area contributed by atoms with Crippen LogP contribution >= 0.6 is 11.8 Å². The zero-order valence-electron chi connectivity index (χ0n) is 29.6. The molecule has 45 heavy (non-hydrogen) atoms. The summed E-state index contributed by atoms with van der Waals surface area (Å²) in [7, 11) is -4.74. The van der Waals surface area contributed by atoms with Crippen LogP contribution in [-0.2, 0) is 24.8 Å². The second-order valence-electron chi connectivity index (χ2n) is 15.6. The van der Waals surface area contributed by atoms with Crippen molar-refractivity contribution in [2.24, 2.45) is 0 Å². The van der Waals surface area contributed by atoms with E-state index >= 15 is 0 Å². The number of thioether (sulfide) groups is 1. The monoisotopic (exact) mass is 682 g/mol. The van der Waals surface area contributed by atoms with Crippen molar-refractivity contribution < 1.29 is 37.5 Å². The van der Waals surface area contributed by atoms with Gasteiger partial charge in [0.05, 0.1) is 11.6 Å². The van der Waals surface area contributed by atoms with Crippen molar-refractivity contribution in [3.05, 3.63) is 22.8 Å². The van der Waals surface area contributed by atoms with Gasteiger partial charge in [0.2, 0.25) is 22.5 Å². The predicted octanol–water partition coefficient (Wildman–Crippen LogP) is 6.74. The van der Waals surface area contributed by atoms with Crippen LogP contribution in [0, 0.1) is 6.92 Å². The largest absolute Gasteiger partial charge is 0.543 e. The minimum Gasteiger partial charge on any atom is -0.543 e. The van der Waals surface area contributed by atoms with E-state index < -0.39 is 58.9 Å². The molecule has 2 rings (SSSR count). The van der Waals surface area contributed by atoms with Crippen molar-refractivity contribution in [3.63, 3.8) is 0 Å². The molecule has 2 N–H and O–H groups in total. The number of fused-ring (bicyclic) bond motifs is 1. The summed E-state index contributed by atoms with van der Waals surface area (Å²) in [6.07, 6.45) is -0.197. The van der Waals surface area contributed by atoms with Gasteiger partial charge >= 0.3 is 12.1 Å². The van der Waals surface area contributed by atoms with Crippen LogP contribution in [0.25, 0.3) is 0 Å². The zero-order valence-corrected chi connectivity index (χ0v) is 32.4. The zero-order chi connectivity index (χ0) is 34.8. The third-order valence-corrected chi connectivity index (χ3v) is 18.3. The molecule has 0 aromatic heterocycles. The molecule has 0 bridgehead atoms. The lowest BCUT2D eigenvalue weighted by Gasteiger charge is -2.39. The lowest BCUT2D eigenvalue weighted by molar-refractivity contribution is -0.126. The number of hydrogen-bond donors (Lipinski definition) is 2. The summed E-state index contributed by atoms with van der Waals surface area (Å²) in [4.78, 5) is 51.7. The average Bonchev–Trinajstić information content (AvgIpc) is 2.84. The first-order valence-corrected chi connectivity index (χ1v) is 22.3. The Kier molecular flexibility index (Phi) is 12.1. The highest BCUT2D eigenvalue weighted by Crippen LogP contribution is 2.45. The van der Waals surface area contributed by atoms with Crippen molar-refractivity contribution in [1.29, 1.82) is 0 Å². The van der Waals surface area contributed by atoms with Gasteiger partial charge in [0, 0.05) is 28.7 Å². The Balaban J connectivity index is 2.74. The number of benzene rings is 1. The topological polar surface area (TPSA) is 129 Å². The minimum absolute atomic E-state index is 0.107. The lowest BCUT2D eigenvalue weighted by atomic mass is 10.0. The number of esters is 1. The molecule has 1 aliphatic heterocycles. The number of ether oxygens (including phenoxy) is 2. The van der Waals surface area contributed by atoms with E-state index in [4.69, 9.17) is 18.3 Å². The highest BCUT2D eigenvalue weighted by molar-refractivity contribution is 7.98. The van der Waals surface area contributed by atoms with Gasteiger partial charge in [-0.2, -0.15) is 11.8 Å². The fourth-order valence-corrected chi connectivity index (χ4v) is 6.94. The summed E-state index contributed by atoms with van der Waals surface area (Å²) in [6.45, 7) is 27.9. The van der Waals surface area contributed by atoms with Crippen LogP contribution < -0.4 is 19.5 Å². The molecule has 0 spiro atoms. The molecule has 0 fully saturated rings. The maximum Gasteiger partial charge on any atom is 0.408 e. The smallest absolute Gasteiger partial charge is 0.408 e. The Morgan fingerprint density at radius 3 is 2.00 bits per heavy atom. The van der Waals surface area contributed by atoms with Gasteiger partial charge in [-0.15, -0.1) is 0 Å². The van der Waals surface area contributed by atoms with Crippen molar-refractivity contribution in [1.82, 2.24) is 10.6 Å². The number of alkyl carbamates (subject to hydrolysis) is 1. The fourth-order valence-electron chi connectivity index (χ4n) is 3.81. The van der Waals surface area contributed by atoms with E-state index in [1.54, 1.807) is 20.8 Å².